The fraction of sp³-hybridized carbons (Fsp3) is 0.286. The predicted octanol–water partition coefficient (Wildman–Crippen LogP) is 2.43. The molecule has 0 bridgehead atoms. The second-order valence-electron chi connectivity index (χ2n) is 4.09. The summed E-state index contributed by atoms with van der Waals surface area (Å²) < 4.78 is 5.16. The molecule has 1 N–H and O–H groups in total. The Morgan fingerprint density at radius 2 is 2.21 bits per heavy atom. The Labute approximate surface area is 116 Å². The van der Waals surface area contributed by atoms with E-state index in [1.165, 1.54) is 0 Å². The van der Waals surface area contributed by atoms with Crippen molar-refractivity contribution in [3.8, 4) is 5.75 Å². The van der Waals surface area contributed by atoms with Gasteiger partial charge in [-0.05, 0) is 19.1 Å². The van der Waals surface area contributed by atoms with E-state index in [0.717, 1.165) is 17.1 Å². The van der Waals surface area contributed by atoms with Crippen LogP contribution in [0.15, 0.2) is 29.6 Å². The van der Waals surface area contributed by atoms with Gasteiger partial charge in [-0.1, -0.05) is 12.1 Å². The van der Waals surface area contributed by atoms with Crippen molar-refractivity contribution in [3.05, 3.63) is 45.9 Å². The first kappa shape index (κ1) is 13.5. The van der Waals surface area contributed by atoms with Gasteiger partial charge in [-0.3, -0.25) is 4.79 Å². The van der Waals surface area contributed by atoms with Gasteiger partial charge in [0, 0.05) is 24.0 Å². The molecular weight excluding hydrogens is 260 g/mol. The SMILES string of the molecule is COc1ccccc1C(=O)NCCc1nc(C)cs1. The summed E-state index contributed by atoms with van der Waals surface area (Å²) in [4.78, 5) is 16.4. The third-order valence-corrected chi connectivity index (χ3v) is 3.67. The largest absolute Gasteiger partial charge is 0.496 e. The first-order chi connectivity index (χ1) is 9.20. The number of rotatable bonds is 5. The van der Waals surface area contributed by atoms with Crippen LogP contribution in [0.5, 0.6) is 5.75 Å². The second-order valence-corrected chi connectivity index (χ2v) is 5.03. The molecule has 1 aromatic carbocycles. The summed E-state index contributed by atoms with van der Waals surface area (Å²) in [5.41, 5.74) is 1.58. The van der Waals surface area contributed by atoms with Crippen molar-refractivity contribution in [2.24, 2.45) is 0 Å². The van der Waals surface area contributed by atoms with E-state index in [9.17, 15) is 4.79 Å². The van der Waals surface area contributed by atoms with Crippen LogP contribution in [0, 0.1) is 6.92 Å². The summed E-state index contributed by atoms with van der Waals surface area (Å²) in [5.74, 6) is 0.468. The van der Waals surface area contributed by atoms with Gasteiger partial charge >= 0.3 is 0 Å². The predicted molar refractivity (Wildman–Crippen MR) is 75.9 cm³/mol. The molecule has 0 spiro atoms. The Morgan fingerprint density at radius 3 is 2.89 bits per heavy atom. The average Bonchev–Trinajstić information content (AvgIpc) is 2.84. The molecule has 0 unspecified atom stereocenters. The maximum atomic E-state index is 12.0. The Morgan fingerprint density at radius 1 is 1.42 bits per heavy atom. The van der Waals surface area contributed by atoms with Crippen molar-refractivity contribution in [2.45, 2.75) is 13.3 Å². The van der Waals surface area contributed by atoms with Crippen LogP contribution < -0.4 is 10.1 Å². The Balaban J connectivity index is 1.90. The number of benzene rings is 1. The van der Waals surface area contributed by atoms with Crippen molar-refractivity contribution >= 4 is 17.2 Å². The van der Waals surface area contributed by atoms with Crippen molar-refractivity contribution < 1.29 is 9.53 Å². The molecule has 100 valence electrons. The molecule has 0 aliphatic heterocycles. The monoisotopic (exact) mass is 276 g/mol. The molecule has 1 heterocycles. The van der Waals surface area contributed by atoms with Gasteiger partial charge in [-0.2, -0.15) is 0 Å². The van der Waals surface area contributed by atoms with E-state index in [4.69, 9.17) is 4.74 Å². The lowest BCUT2D eigenvalue weighted by molar-refractivity contribution is 0.0951. The molecule has 0 fully saturated rings. The number of hydrogen-bond acceptors (Lipinski definition) is 4. The highest BCUT2D eigenvalue weighted by molar-refractivity contribution is 7.09. The van der Waals surface area contributed by atoms with Gasteiger partial charge in [-0.15, -0.1) is 11.3 Å². The number of nitrogens with zero attached hydrogens (tertiary/aromatic N) is 1. The Bertz CT molecular complexity index is 566. The lowest BCUT2D eigenvalue weighted by Crippen LogP contribution is -2.26. The summed E-state index contributed by atoms with van der Waals surface area (Å²) in [6.07, 6.45) is 0.749. The number of carbonyl (C=O) groups is 1. The first-order valence-electron chi connectivity index (χ1n) is 6.03. The number of aromatic nitrogens is 1. The molecule has 0 saturated heterocycles. The summed E-state index contributed by atoms with van der Waals surface area (Å²) in [6.45, 7) is 2.54. The minimum atomic E-state index is -0.120. The number of para-hydroxylation sites is 1. The maximum Gasteiger partial charge on any atom is 0.255 e. The first-order valence-corrected chi connectivity index (χ1v) is 6.91. The number of amides is 1. The minimum absolute atomic E-state index is 0.120. The van der Waals surface area contributed by atoms with E-state index in [1.54, 1.807) is 30.6 Å². The number of methoxy groups -OCH3 is 1. The zero-order valence-corrected chi connectivity index (χ0v) is 11.8. The molecule has 2 rings (SSSR count). The van der Waals surface area contributed by atoms with Gasteiger partial charge in [-0.25, -0.2) is 4.98 Å². The van der Waals surface area contributed by atoms with Gasteiger partial charge < -0.3 is 10.1 Å². The van der Waals surface area contributed by atoms with E-state index >= 15 is 0 Å². The van der Waals surface area contributed by atoms with Crippen molar-refractivity contribution in [3.63, 3.8) is 0 Å². The number of carbonyl (C=O) groups excluding carboxylic acids is 1. The number of thiazole rings is 1. The molecule has 2 aromatic rings. The molecule has 1 aromatic heterocycles. The highest BCUT2D eigenvalue weighted by Crippen LogP contribution is 2.16. The maximum absolute atomic E-state index is 12.0. The molecule has 0 aliphatic carbocycles. The normalized spacial score (nSPS) is 10.2. The number of nitrogens with one attached hydrogen (secondary N) is 1. The number of ether oxygens (including phenoxy) is 1. The number of aryl methyl sites for hydroxylation is 1. The van der Waals surface area contributed by atoms with Crippen LogP contribution in [0.2, 0.25) is 0 Å². The molecule has 0 aliphatic rings. The van der Waals surface area contributed by atoms with Gasteiger partial charge in [0.2, 0.25) is 0 Å². The average molecular weight is 276 g/mol. The molecule has 5 heteroatoms. The molecule has 0 radical (unpaired) electrons. The van der Waals surface area contributed by atoms with Crippen molar-refractivity contribution in [1.82, 2.24) is 10.3 Å². The van der Waals surface area contributed by atoms with Gasteiger partial charge in [0.05, 0.1) is 17.7 Å². The lowest BCUT2D eigenvalue weighted by atomic mass is 10.2. The van der Waals surface area contributed by atoms with Crippen LogP contribution in [0.4, 0.5) is 0 Å². The molecule has 4 nitrogen and oxygen atoms in total. The zero-order valence-electron chi connectivity index (χ0n) is 11.0. The fourth-order valence-corrected chi connectivity index (χ4v) is 2.50. The molecule has 0 saturated carbocycles. The van der Waals surface area contributed by atoms with E-state index in [-0.39, 0.29) is 5.91 Å². The third kappa shape index (κ3) is 3.54. The van der Waals surface area contributed by atoms with Crippen LogP contribution in [0.1, 0.15) is 21.1 Å². The van der Waals surface area contributed by atoms with E-state index < -0.39 is 0 Å². The molecule has 19 heavy (non-hydrogen) atoms. The van der Waals surface area contributed by atoms with Crippen LogP contribution in [0.25, 0.3) is 0 Å². The smallest absolute Gasteiger partial charge is 0.255 e. The third-order valence-electron chi connectivity index (χ3n) is 2.64. The van der Waals surface area contributed by atoms with Gasteiger partial charge in [0.15, 0.2) is 0 Å². The number of hydrogen-bond donors (Lipinski definition) is 1. The highest BCUT2D eigenvalue weighted by Gasteiger charge is 2.10. The van der Waals surface area contributed by atoms with Crippen molar-refractivity contribution in [2.75, 3.05) is 13.7 Å². The van der Waals surface area contributed by atoms with Crippen LogP contribution in [-0.4, -0.2) is 24.5 Å². The van der Waals surface area contributed by atoms with Crippen LogP contribution in [-0.2, 0) is 6.42 Å². The molecule has 0 atom stereocenters. The lowest BCUT2D eigenvalue weighted by Gasteiger charge is -2.08. The highest BCUT2D eigenvalue weighted by atomic mass is 32.1. The van der Waals surface area contributed by atoms with E-state index in [0.29, 0.717) is 17.9 Å². The minimum Gasteiger partial charge on any atom is -0.496 e. The summed E-state index contributed by atoms with van der Waals surface area (Å²) in [5, 5.41) is 5.93. The molecular formula is C14H16N2O2S. The second kappa shape index (κ2) is 6.33. The standard InChI is InChI=1S/C14H16N2O2S/c1-10-9-19-13(16-10)7-8-15-14(17)11-5-3-4-6-12(11)18-2/h3-6,9H,7-8H2,1-2H3,(H,15,17). The summed E-state index contributed by atoms with van der Waals surface area (Å²) in [7, 11) is 1.56. The van der Waals surface area contributed by atoms with E-state index in [2.05, 4.69) is 10.3 Å². The Hall–Kier alpha value is -1.88. The van der Waals surface area contributed by atoms with Crippen LogP contribution in [0.3, 0.4) is 0 Å². The zero-order chi connectivity index (χ0) is 13.7. The van der Waals surface area contributed by atoms with Crippen LogP contribution >= 0.6 is 11.3 Å². The summed E-state index contributed by atoms with van der Waals surface area (Å²) in [6, 6.07) is 7.19. The van der Waals surface area contributed by atoms with E-state index in [1.807, 2.05) is 24.4 Å². The van der Waals surface area contributed by atoms with Gasteiger partial charge in [0.25, 0.3) is 5.91 Å². The molecule has 1 amide bonds. The Kier molecular flexibility index (Phi) is 4.52. The van der Waals surface area contributed by atoms with Crippen molar-refractivity contribution in [1.29, 1.82) is 0 Å². The summed E-state index contributed by atoms with van der Waals surface area (Å²) >= 11 is 1.62. The van der Waals surface area contributed by atoms with Gasteiger partial charge in [0.1, 0.15) is 5.75 Å². The quantitative estimate of drug-likeness (QED) is 0.912. The topological polar surface area (TPSA) is 51.2 Å². The fourth-order valence-electron chi connectivity index (χ4n) is 1.73.